The van der Waals surface area contributed by atoms with E-state index in [-0.39, 0.29) is 17.7 Å². The Kier molecular flexibility index (Phi) is 8.17. The van der Waals surface area contributed by atoms with Gasteiger partial charge in [-0.2, -0.15) is 5.10 Å². The highest BCUT2D eigenvalue weighted by Gasteiger charge is 2.36. The molecular weight excluding hydrogens is 488 g/mol. The lowest BCUT2D eigenvalue weighted by atomic mass is 9.98. The second kappa shape index (κ2) is 11.9. The van der Waals surface area contributed by atoms with Crippen LogP contribution in [0, 0.1) is 0 Å². The highest BCUT2D eigenvalue weighted by atomic mass is 16.6. The molecule has 0 aliphatic heterocycles. The van der Waals surface area contributed by atoms with Gasteiger partial charge in [0.2, 0.25) is 6.10 Å². The predicted molar refractivity (Wildman–Crippen MR) is 138 cm³/mol. The van der Waals surface area contributed by atoms with E-state index >= 15 is 0 Å². The number of esters is 3. The normalized spacial score (nSPS) is 11.3. The van der Waals surface area contributed by atoms with E-state index in [1.165, 1.54) is 18.9 Å². The van der Waals surface area contributed by atoms with Crippen molar-refractivity contribution in [3.05, 3.63) is 102 Å². The molecule has 3 aromatic carbocycles. The van der Waals surface area contributed by atoms with Gasteiger partial charge in [0.15, 0.2) is 0 Å². The van der Waals surface area contributed by atoms with Gasteiger partial charge in [0.05, 0.1) is 44.7 Å². The number of hydrogen-bond acceptors (Lipinski definition) is 8. The molecule has 0 aliphatic carbocycles. The molecule has 194 valence electrons. The molecule has 1 aromatic heterocycles. The molecule has 38 heavy (non-hydrogen) atoms. The first-order valence-corrected chi connectivity index (χ1v) is 11.7. The Balaban J connectivity index is 1.97. The second-order valence-corrected chi connectivity index (χ2v) is 8.11. The monoisotopic (exact) mass is 514 g/mol. The summed E-state index contributed by atoms with van der Waals surface area (Å²) in [5.41, 5.74) is 2.45. The lowest BCUT2D eigenvalue weighted by molar-refractivity contribution is -0.151. The Morgan fingerprint density at radius 3 is 2.03 bits per heavy atom. The molecule has 1 atom stereocenters. The van der Waals surface area contributed by atoms with Gasteiger partial charge >= 0.3 is 17.9 Å². The minimum Gasteiger partial charge on any atom is -0.497 e. The summed E-state index contributed by atoms with van der Waals surface area (Å²) < 4.78 is 22.5. The zero-order valence-electron chi connectivity index (χ0n) is 21.1. The molecule has 0 bridgehead atoms. The number of ether oxygens (including phenoxy) is 4. The Morgan fingerprint density at radius 1 is 0.816 bits per heavy atom. The molecular formula is C29H26N2O7. The van der Waals surface area contributed by atoms with E-state index in [1.807, 2.05) is 30.3 Å². The Hall–Kier alpha value is -4.92. The molecule has 0 spiro atoms. The summed E-state index contributed by atoms with van der Waals surface area (Å²) in [7, 11) is 4.04. The number of aromatic nitrogens is 2. The van der Waals surface area contributed by atoms with Gasteiger partial charge in [-0.1, -0.05) is 48.5 Å². The standard InChI is InChI=1S/C29H26N2O7/c1-35-22-16-14-21(15-17-22)31-26(27(29(34)37-3)38-28(33)20-12-8-5-9-13-20)25(19-10-6-4-7-11-19)23(30-31)18-24(32)36-2/h4-17,27H,18H2,1-3H3. The highest BCUT2D eigenvalue weighted by Crippen LogP contribution is 2.37. The minimum atomic E-state index is -1.51. The number of nitrogens with zero attached hydrogens (tertiary/aromatic N) is 2. The maximum Gasteiger partial charge on any atom is 0.353 e. The average molecular weight is 515 g/mol. The first-order valence-electron chi connectivity index (χ1n) is 11.7. The molecule has 0 aliphatic rings. The summed E-state index contributed by atoms with van der Waals surface area (Å²) in [6.45, 7) is 0. The van der Waals surface area contributed by atoms with Crippen molar-refractivity contribution < 1.29 is 33.3 Å². The van der Waals surface area contributed by atoms with E-state index in [9.17, 15) is 14.4 Å². The van der Waals surface area contributed by atoms with Crippen molar-refractivity contribution in [2.45, 2.75) is 12.5 Å². The van der Waals surface area contributed by atoms with Gasteiger partial charge in [0, 0.05) is 5.56 Å². The number of carbonyl (C=O) groups is 3. The van der Waals surface area contributed by atoms with E-state index in [2.05, 4.69) is 0 Å². The Bertz CT molecular complexity index is 1410. The largest absolute Gasteiger partial charge is 0.497 e. The molecule has 0 radical (unpaired) electrons. The van der Waals surface area contributed by atoms with Crippen LogP contribution in [0.3, 0.4) is 0 Å². The highest BCUT2D eigenvalue weighted by molar-refractivity contribution is 5.92. The van der Waals surface area contributed by atoms with Gasteiger partial charge in [-0.3, -0.25) is 4.79 Å². The van der Waals surface area contributed by atoms with Crippen molar-refractivity contribution in [2.24, 2.45) is 0 Å². The van der Waals surface area contributed by atoms with E-state index in [0.717, 1.165) is 0 Å². The van der Waals surface area contributed by atoms with Crippen LogP contribution in [-0.4, -0.2) is 49.0 Å². The van der Waals surface area contributed by atoms with Gasteiger partial charge in [-0.05, 0) is 42.0 Å². The van der Waals surface area contributed by atoms with Crippen LogP contribution in [0.25, 0.3) is 16.8 Å². The molecule has 0 N–H and O–H groups in total. The van der Waals surface area contributed by atoms with Gasteiger partial charge in [-0.25, -0.2) is 14.3 Å². The Labute approximate surface area is 219 Å². The smallest absolute Gasteiger partial charge is 0.353 e. The fourth-order valence-corrected chi connectivity index (χ4v) is 3.96. The molecule has 1 unspecified atom stereocenters. The van der Waals surface area contributed by atoms with Crippen LogP contribution in [-0.2, 0) is 30.2 Å². The summed E-state index contributed by atoms with van der Waals surface area (Å²) in [5, 5.41) is 4.69. The van der Waals surface area contributed by atoms with Crippen molar-refractivity contribution in [3.8, 4) is 22.6 Å². The van der Waals surface area contributed by atoms with Crippen LogP contribution in [0.15, 0.2) is 84.9 Å². The van der Waals surface area contributed by atoms with E-state index in [0.29, 0.717) is 28.3 Å². The molecule has 0 fully saturated rings. The molecule has 4 aromatic rings. The van der Waals surface area contributed by atoms with Crippen LogP contribution >= 0.6 is 0 Å². The third-order valence-corrected chi connectivity index (χ3v) is 5.81. The van der Waals surface area contributed by atoms with Gasteiger partial charge in [0.25, 0.3) is 0 Å². The van der Waals surface area contributed by atoms with Gasteiger partial charge in [0.1, 0.15) is 11.4 Å². The molecule has 9 heteroatoms. The van der Waals surface area contributed by atoms with E-state index < -0.39 is 24.0 Å². The summed E-state index contributed by atoms with van der Waals surface area (Å²) in [4.78, 5) is 38.7. The van der Waals surface area contributed by atoms with Crippen molar-refractivity contribution in [2.75, 3.05) is 21.3 Å². The molecule has 1 heterocycles. The number of rotatable bonds is 9. The lowest BCUT2D eigenvalue weighted by Gasteiger charge is -2.19. The zero-order valence-corrected chi connectivity index (χ0v) is 21.1. The van der Waals surface area contributed by atoms with Gasteiger partial charge in [-0.15, -0.1) is 0 Å². The first-order chi connectivity index (χ1) is 18.5. The molecule has 0 saturated heterocycles. The fraction of sp³-hybridized carbons (Fsp3) is 0.172. The zero-order chi connectivity index (χ0) is 27.1. The van der Waals surface area contributed by atoms with Gasteiger partial charge < -0.3 is 18.9 Å². The van der Waals surface area contributed by atoms with Crippen LogP contribution in [0.5, 0.6) is 5.75 Å². The summed E-state index contributed by atoms with van der Waals surface area (Å²) in [5.74, 6) is -1.45. The van der Waals surface area contributed by atoms with Crippen molar-refractivity contribution in [1.29, 1.82) is 0 Å². The molecule has 0 saturated carbocycles. The van der Waals surface area contributed by atoms with Crippen LogP contribution in [0.1, 0.15) is 27.8 Å². The molecule has 9 nitrogen and oxygen atoms in total. The Morgan fingerprint density at radius 2 is 1.45 bits per heavy atom. The molecule has 0 amide bonds. The minimum absolute atomic E-state index is 0.183. The van der Waals surface area contributed by atoms with Crippen LogP contribution in [0.4, 0.5) is 0 Å². The SMILES string of the molecule is COC(=O)Cc1nn(-c2ccc(OC)cc2)c(C(OC(=O)c2ccccc2)C(=O)OC)c1-c1ccccc1. The number of methoxy groups -OCH3 is 3. The summed E-state index contributed by atoms with van der Waals surface area (Å²) in [6.07, 6.45) is -1.69. The third kappa shape index (κ3) is 5.57. The van der Waals surface area contributed by atoms with Crippen molar-refractivity contribution in [3.63, 3.8) is 0 Å². The number of benzene rings is 3. The number of carbonyl (C=O) groups excluding carboxylic acids is 3. The topological polar surface area (TPSA) is 106 Å². The first kappa shape index (κ1) is 26.2. The maximum absolute atomic E-state index is 13.2. The lowest BCUT2D eigenvalue weighted by Crippen LogP contribution is -2.24. The summed E-state index contributed by atoms with van der Waals surface area (Å²) >= 11 is 0. The van der Waals surface area contributed by atoms with Crippen LogP contribution in [0.2, 0.25) is 0 Å². The van der Waals surface area contributed by atoms with E-state index in [1.54, 1.807) is 61.7 Å². The van der Waals surface area contributed by atoms with Crippen molar-refractivity contribution in [1.82, 2.24) is 9.78 Å². The quantitative estimate of drug-likeness (QED) is 0.240. The number of hydrogen-bond donors (Lipinski definition) is 0. The average Bonchev–Trinajstić information content (AvgIpc) is 3.34. The fourth-order valence-electron chi connectivity index (χ4n) is 3.96. The van der Waals surface area contributed by atoms with Crippen molar-refractivity contribution >= 4 is 17.9 Å². The second-order valence-electron chi connectivity index (χ2n) is 8.11. The van der Waals surface area contributed by atoms with E-state index in [4.69, 9.17) is 24.0 Å². The third-order valence-electron chi connectivity index (χ3n) is 5.81. The summed E-state index contributed by atoms with van der Waals surface area (Å²) in [6, 6.07) is 24.3. The maximum atomic E-state index is 13.2. The molecule has 4 rings (SSSR count). The van der Waals surface area contributed by atoms with Crippen LogP contribution < -0.4 is 4.74 Å². The predicted octanol–water partition coefficient (Wildman–Crippen LogP) is 4.33.